The van der Waals surface area contributed by atoms with Crippen LogP contribution in [0.4, 0.5) is 5.69 Å². The SMILES string of the molecule is CNCC(C)CN1CCN(c2cccc(OC)c2)CC1. The van der Waals surface area contributed by atoms with Gasteiger partial charge in [0, 0.05) is 44.5 Å². The smallest absolute Gasteiger partial charge is 0.120 e. The Morgan fingerprint density at radius 3 is 2.65 bits per heavy atom. The third-order valence-corrected chi connectivity index (χ3v) is 3.91. The zero-order valence-electron chi connectivity index (χ0n) is 12.9. The van der Waals surface area contributed by atoms with Gasteiger partial charge >= 0.3 is 0 Å². The van der Waals surface area contributed by atoms with E-state index in [0.29, 0.717) is 5.92 Å². The third-order valence-electron chi connectivity index (χ3n) is 3.91. The number of benzene rings is 1. The fourth-order valence-electron chi connectivity index (χ4n) is 2.85. The molecular weight excluding hydrogens is 250 g/mol. The maximum absolute atomic E-state index is 5.30. The molecule has 1 saturated heterocycles. The summed E-state index contributed by atoms with van der Waals surface area (Å²) >= 11 is 0. The van der Waals surface area contributed by atoms with E-state index in [9.17, 15) is 0 Å². The molecule has 1 N–H and O–H groups in total. The van der Waals surface area contributed by atoms with Gasteiger partial charge in [0.1, 0.15) is 5.75 Å². The summed E-state index contributed by atoms with van der Waals surface area (Å²) < 4.78 is 5.30. The maximum atomic E-state index is 5.30. The van der Waals surface area contributed by atoms with Crippen LogP contribution in [0.5, 0.6) is 5.75 Å². The van der Waals surface area contributed by atoms with Crippen LogP contribution < -0.4 is 15.0 Å². The molecule has 1 heterocycles. The summed E-state index contributed by atoms with van der Waals surface area (Å²) in [6.07, 6.45) is 0. The van der Waals surface area contributed by atoms with Crippen LogP contribution in [0, 0.1) is 5.92 Å². The van der Waals surface area contributed by atoms with E-state index < -0.39 is 0 Å². The predicted molar refractivity (Wildman–Crippen MR) is 84.7 cm³/mol. The largest absolute Gasteiger partial charge is 0.497 e. The molecule has 0 aromatic heterocycles. The Bertz CT molecular complexity index is 402. The molecule has 0 saturated carbocycles. The Kier molecular flexibility index (Phi) is 5.68. The molecule has 112 valence electrons. The van der Waals surface area contributed by atoms with Crippen LogP contribution >= 0.6 is 0 Å². The quantitative estimate of drug-likeness (QED) is 0.856. The molecule has 0 amide bonds. The van der Waals surface area contributed by atoms with Crippen molar-refractivity contribution in [2.75, 3.05) is 58.3 Å². The highest BCUT2D eigenvalue weighted by Crippen LogP contribution is 2.22. The summed E-state index contributed by atoms with van der Waals surface area (Å²) in [6.45, 7) is 9.07. The Hall–Kier alpha value is -1.26. The van der Waals surface area contributed by atoms with E-state index in [-0.39, 0.29) is 0 Å². The van der Waals surface area contributed by atoms with E-state index in [2.05, 4.69) is 40.2 Å². The molecule has 0 radical (unpaired) electrons. The van der Waals surface area contributed by atoms with Crippen molar-refractivity contribution in [1.82, 2.24) is 10.2 Å². The summed E-state index contributed by atoms with van der Waals surface area (Å²) in [6, 6.07) is 8.36. The van der Waals surface area contributed by atoms with Gasteiger partial charge in [0.05, 0.1) is 7.11 Å². The van der Waals surface area contributed by atoms with Crippen LogP contribution in [0.3, 0.4) is 0 Å². The average molecular weight is 277 g/mol. The number of nitrogens with zero attached hydrogens (tertiary/aromatic N) is 2. The highest BCUT2D eigenvalue weighted by atomic mass is 16.5. The lowest BCUT2D eigenvalue weighted by Gasteiger charge is -2.37. The van der Waals surface area contributed by atoms with Crippen molar-refractivity contribution < 1.29 is 4.74 Å². The first kappa shape index (κ1) is 15.1. The van der Waals surface area contributed by atoms with Crippen molar-refractivity contribution in [1.29, 1.82) is 0 Å². The number of hydrogen-bond acceptors (Lipinski definition) is 4. The Balaban J connectivity index is 1.84. The lowest BCUT2D eigenvalue weighted by atomic mass is 10.1. The molecule has 2 rings (SSSR count). The molecular formula is C16H27N3O. The van der Waals surface area contributed by atoms with Crippen molar-refractivity contribution in [3.63, 3.8) is 0 Å². The lowest BCUT2D eigenvalue weighted by molar-refractivity contribution is 0.224. The first-order valence-corrected chi connectivity index (χ1v) is 7.49. The summed E-state index contributed by atoms with van der Waals surface area (Å²) in [7, 11) is 3.75. The zero-order chi connectivity index (χ0) is 14.4. The normalized spacial score (nSPS) is 18.1. The second-order valence-electron chi connectivity index (χ2n) is 5.65. The van der Waals surface area contributed by atoms with E-state index in [4.69, 9.17) is 4.74 Å². The fraction of sp³-hybridized carbons (Fsp3) is 0.625. The molecule has 1 fully saturated rings. The van der Waals surface area contributed by atoms with Gasteiger partial charge in [0.2, 0.25) is 0 Å². The zero-order valence-corrected chi connectivity index (χ0v) is 12.9. The van der Waals surface area contributed by atoms with Gasteiger partial charge in [-0.05, 0) is 31.6 Å². The topological polar surface area (TPSA) is 27.7 Å². The molecule has 1 aromatic rings. The van der Waals surface area contributed by atoms with Gasteiger partial charge in [-0.1, -0.05) is 13.0 Å². The van der Waals surface area contributed by atoms with E-state index in [1.807, 2.05) is 13.1 Å². The number of rotatable bonds is 6. The minimum atomic E-state index is 0.711. The Morgan fingerprint density at radius 1 is 1.25 bits per heavy atom. The molecule has 0 spiro atoms. The van der Waals surface area contributed by atoms with Gasteiger partial charge in [-0.25, -0.2) is 0 Å². The van der Waals surface area contributed by atoms with Crippen molar-refractivity contribution in [2.24, 2.45) is 5.92 Å². The van der Waals surface area contributed by atoms with Crippen LogP contribution in [-0.2, 0) is 0 Å². The number of anilines is 1. The molecule has 0 bridgehead atoms. The molecule has 0 aliphatic carbocycles. The van der Waals surface area contributed by atoms with Crippen LogP contribution in [0.15, 0.2) is 24.3 Å². The Labute approximate surface area is 122 Å². The van der Waals surface area contributed by atoms with Crippen molar-refractivity contribution in [3.8, 4) is 5.75 Å². The minimum Gasteiger partial charge on any atom is -0.497 e. The van der Waals surface area contributed by atoms with E-state index >= 15 is 0 Å². The van der Waals surface area contributed by atoms with Crippen LogP contribution in [0.2, 0.25) is 0 Å². The van der Waals surface area contributed by atoms with E-state index in [0.717, 1.165) is 38.5 Å². The van der Waals surface area contributed by atoms with Gasteiger partial charge in [-0.3, -0.25) is 4.90 Å². The molecule has 1 aliphatic rings. The van der Waals surface area contributed by atoms with Gasteiger partial charge < -0.3 is 15.0 Å². The summed E-state index contributed by atoms with van der Waals surface area (Å²) in [5, 5.41) is 3.25. The Morgan fingerprint density at radius 2 is 2.00 bits per heavy atom. The third kappa shape index (κ3) is 4.12. The van der Waals surface area contributed by atoms with Crippen LogP contribution in [0.1, 0.15) is 6.92 Å². The standard InChI is InChI=1S/C16H27N3O/c1-14(12-17-2)13-18-7-9-19(10-8-18)15-5-4-6-16(11-15)20-3/h4-6,11,14,17H,7-10,12-13H2,1-3H3. The van der Waals surface area contributed by atoms with Crippen LogP contribution in [0.25, 0.3) is 0 Å². The molecule has 1 unspecified atom stereocenters. The van der Waals surface area contributed by atoms with Crippen molar-refractivity contribution in [2.45, 2.75) is 6.92 Å². The monoisotopic (exact) mass is 277 g/mol. The second-order valence-corrected chi connectivity index (χ2v) is 5.65. The molecule has 20 heavy (non-hydrogen) atoms. The molecule has 1 atom stereocenters. The van der Waals surface area contributed by atoms with Crippen molar-refractivity contribution in [3.05, 3.63) is 24.3 Å². The van der Waals surface area contributed by atoms with Gasteiger partial charge in [-0.2, -0.15) is 0 Å². The summed E-state index contributed by atoms with van der Waals surface area (Å²) in [4.78, 5) is 5.01. The average Bonchev–Trinajstić information content (AvgIpc) is 2.48. The number of piperazine rings is 1. The molecule has 1 aromatic carbocycles. The number of methoxy groups -OCH3 is 1. The highest BCUT2D eigenvalue weighted by molar-refractivity contribution is 5.51. The predicted octanol–water partition coefficient (Wildman–Crippen LogP) is 1.67. The summed E-state index contributed by atoms with van der Waals surface area (Å²) in [5.41, 5.74) is 1.27. The first-order chi connectivity index (χ1) is 9.72. The highest BCUT2D eigenvalue weighted by Gasteiger charge is 2.18. The first-order valence-electron chi connectivity index (χ1n) is 7.49. The maximum Gasteiger partial charge on any atom is 0.120 e. The number of nitrogens with one attached hydrogen (secondary N) is 1. The van der Waals surface area contributed by atoms with Gasteiger partial charge in [0.15, 0.2) is 0 Å². The van der Waals surface area contributed by atoms with E-state index in [1.165, 1.54) is 12.2 Å². The number of ether oxygens (including phenoxy) is 1. The molecule has 4 nitrogen and oxygen atoms in total. The lowest BCUT2D eigenvalue weighted by Crippen LogP contribution is -2.48. The van der Waals surface area contributed by atoms with Crippen molar-refractivity contribution >= 4 is 5.69 Å². The van der Waals surface area contributed by atoms with Crippen LogP contribution in [-0.4, -0.2) is 58.3 Å². The van der Waals surface area contributed by atoms with E-state index in [1.54, 1.807) is 7.11 Å². The number of hydrogen-bond donors (Lipinski definition) is 1. The fourth-order valence-corrected chi connectivity index (χ4v) is 2.85. The summed E-state index contributed by atoms with van der Waals surface area (Å²) in [5.74, 6) is 1.65. The molecule has 1 aliphatic heterocycles. The second kappa shape index (κ2) is 7.50. The minimum absolute atomic E-state index is 0.711. The molecule has 4 heteroatoms. The van der Waals surface area contributed by atoms with Gasteiger partial charge in [-0.15, -0.1) is 0 Å². The van der Waals surface area contributed by atoms with Gasteiger partial charge in [0.25, 0.3) is 0 Å².